The van der Waals surface area contributed by atoms with E-state index in [1.54, 1.807) is 89.5 Å². The molecule has 0 saturated heterocycles. The van der Waals surface area contributed by atoms with Gasteiger partial charge in [0.25, 0.3) is 11.9 Å². The molecule has 0 amide bonds. The molecule has 4 aromatic rings. The van der Waals surface area contributed by atoms with Crippen molar-refractivity contribution in [1.29, 1.82) is 0 Å². The molecule has 74 heavy (non-hydrogen) atoms. The van der Waals surface area contributed by atoms with Crippen LogP contribution in [0.25, 0.3) is 0 Å². The number of unbranched alkanes of at least 4 members (excludes halogenated alkanes) is 4. The quantitative estimate of drug-likeness (QED) is 0.0574. The van der Waals surface area contributed by atoms with Crippen LogP contribution >= 0.6 is 0 Å². The predicted octanol–water partition coefficient (Wildman–Crippen LogP) is 4.88. The maximum absolute atomic E-state index is 9.56. The van der Waals surface area contributed by atoms with Crippen LogP contribution in [0.15, 0.2) is 9.98 Å². The highest BCUT2D eigenvalue weighted by atomic mass is 16.1. The van der Waals surface area contributed by atoms with Gasteiger partial charge in [-0.3, -0.25) is 0 Å². The maximum Gasteiger partial charge on any atom is 0.255 e. The summed E-state index contributed by atoms with van der Waals surface area (Å²) >= 11 is 0. The molecule has 0 bridgehead atoms. The first-order valence-electron chi connectivity index (χ1n) is 25.2. The summed E-state index contributed by atoms with van der Waals surface area (Å²) in [4.78, 5) is 70.8. The molecule has 4 heterocycles. The van der Waals surface area contributed by atoms with Crippen molar-refractivity contribution in [2.45, 2.75) is 130 Å². The van der Waals surface area contributed by atoms with Crippen LogP contribution in [0.1, 0.15) is 130 Å². The van der Waals surface area contributed by atoms with E-state index in [4.69, 9.17) is 57.3 Å². The number of aliphatic imine (C=N–C) groups is 2. The van der Waals surface area contributed by atoms with E-state index >= 15 is 0 Å². The Labute approximate surface area is 433 Å². The molecular weight excluding hydrogens is 945 g/mol. The third-order valence-corrected chi connectivity index (χ3v) is 15.8. The molecule has 7 aliphatic carbocycles. The van der Waals surface area contributed by atoms with Gasteiger partial charge in [0.05, 0.1) is 0 Å². The second kappa shape index (κ2) is 27.1. The number of carbonyl (C=O) groups excluding carboxylic acids is 2. The molecule has 404 valence electrons. The summed E-state index contributed by atoms with van der Waals surface area (Å²) in [5.74, 6) is 15.1. The second-order valence-corrected chi connectivity index (χ2v) is 19.8. The van der Waals surface area contributed by atoms with Gasteiger partial charge in [-0.05, 0) is 174 Å². The molecular formula is C48H80N24O2. The fourth-order valence-corrected chi connectivity index (χ4v) is 13.7. The van der Waals surface area contributed by atoms with Crippen LogP contribution < -0.4 is 57.3 Å². The molecule has 0 spiro atoms. The molecule has 0 aliphatic heterocycles. The van der Waals surface area contributed by atoms with Gasteiger partial charge < -0.3 is 66.9 Å². The summed E-state index contributed by atoms with van der Waals surface area (Å²) in [6.45, 7) is 0. The van der Waals surface area contributed by atoms with Crippen molar-refractivity contribution < 1.29 is 9.59 Å². The van der Waals surface area contributed by atoms with Crippen molar-refractivity contribution in [2.24, 2.45) is 81.0 Å². The highest BCUT2D eigenvalue weighted by molar-refractivity contribution is 5.64. The van der Waals surface area contributed by atoms with Crippen molar-refractivity contribution in [2.75, 3.05) is 57.3 Å². The van der Waals surface area contributed by atoms with Gasteiger partial charge in [0.1, 0.15) is 12.6 Å². The largest absolute Gasteiger partial charge is 0.368 e. The number of nitrogens with two attached hydrogens (primary N) is 10. The van der Waals surface area contributed by atoms with E-state index in [2.05, 4.69) is 69.8 Å². The average molecular weight is 1030 g/mol. The second-order valence-electron chi connectivity index (χ2n) is 19.8. The highest BCUT2D eigenvalue weighted by Crippen LogP contribution is 2.72. The zero-order valence-corrected chi connectivity index (χ0v) is 40.8. The standard InChI is InChI=1S/C24H36.C11H16N12.C5H8O2.2C3H6N6.2CH4/c1-2-14-5-6-16-9-11-18-12-10-17-8-7-15-4-3-13(1)19-20(14)22(16)24(18)23(17)21(15)19;12-6-18-7(13)21-10(20-6)16-4-2-1-3-5-17-11-22-8(14)19-9(15)23-11;6-4-2-1-3-5-7;2*4-1-7-2(5)9-3(6)8-1;;/h13-24H,1-12H2;4-5H,1-3H2,(H4,12,13,18,20,21)(H4,14,15,19,22,23);4-5H,1-3H2;2*(H6,4,5,6,7,8,9);2*1H4. The molecule has 0 atom stereocenters. The Morgan fingerprint density at radius 3 is 0.676 bits per heavy atom. The first-order valence-corrected chi connectivity index (χ1v) is 25.2. The fraction of sp³-hybridized carbons (Fsp3) is 0.667. The Morgan fingerprint density at radius 2 is 0.486 bits per heavy atom. The van der Waals surface area contributed by atoms with Crippen molar-refractivity contribution in [3.8, 4) is 0 Å². The molecule has 11 rings (SSSR count). The zero-order valence-electron chi connectivity index (χ0n) is 40.8. The normalized spacial score (nSPS) is 28.0. The SMILES string of the molecule is C.C.C1CC2CCC3CCC4CCC5CCC6CCC1C1C2C3C4C5C61.Nc1nc(N)nc(N)n1.Nc1nc(N)nc(N)n1.Nc1nc(N)nc(N=CCCCC=Nc2nc(N)nc(N)n2)n1.O=CCCCC=O. The van der Waals surface area contributed by atoms with Gasteiger partial charge >= 0.3 is 0 Å². The highest BCUT2D eigenvalue weighted by Gasteiger charge is 2.66. The summed E-state index contributed by atoms with van der Waals surface area (Å²) in [5, 5.41) is 0. The predicted molar refractivity (Wildman–Crippen MR) is 290 cm³/mol. The number of aromatic nitrogens is 12. The van der Waals surface area contributed by atoms with Gasteiger partial charge in [-0.1, -0.05) is 14.9 Å². The van der Waals surface area contributed by atoms with E-state index in [0.29, 0.717) is 32.1 Å². The summed E-state index contributed by atoms with van der Waals surface area (Å²) < 4.78 is 0. The number of rotatable bonds is 10. The van der Waals surface area contributed by atoms with E-state index in [9.17, 15) is 9.59 Å². The summed E-state index contributed by atoms with van der Waals surface area (Å²) in [6.07, 6.45) is 28.5. The lowest BCUT2D eigenvalue weighted by molar-refractivity contribution is -0.228. The van der Waals surface area contributed by atoms with Gasteiger partial charge in [0, 0.05) is 25.3 Å². The minimum Gasteiger partial charge on any atom is -0.368 e. The Kier molecular flexibility index (Phi) is 21.1. The van der Waals surface area contributed by atoms with Crippen LogP contribution in [0.4, 0.5) is 71.4 Å². The van der Waals surface area contributed by atoms with Crippen LogP contribution in [0, 0.1) is 71.0 Å². The summed E-state index contributed by atoms with van der Waals surface area (Å²) in [6, 6.07) is 0. The molecule has 26 nitrogen and oxygen atoms in total. The van der Waals surface area contributed by atoms with Crippen molar-refractivity contribution in [3.63, 3.8) is 0 Å². The Bertz CT molecular complexity index is 2080. The first-order chi connectivity index (χ1) is 34.7. The van der Waals surface area contributed by atoms with Crippen LogP contribution in [-0.4, -0.2) is 84.8 Å². The van der Waals surface area contributed by atoms with Crippen LogP contribution in [0.5, 0.6) is 0 Å². The number of hydrogen-bond acceptors (Lipinski definition) is 26. The van der Waals surface area contributed by atoms with Gasteiger partial charge in [-0.2, -0.15) is 59.8 Å². The summed E-state index contributed by atoms with van der Waals surface area (Å²) in [5.41, 5.74) is 52.6. The molecule has 0 unspecified atom stereocenters. The lowest BCUT2D eigenvalue weighted by Crippen LogP contribution is -2.65. The first kappa shape index (κ1) is 57.6. The molecule has 20 N–H and O–H groups in total. The number of hydrogen-bond donors (Lipinski definition) is 10. The van der Waals surface area contributed by atoms with E-state index in [1.165, 1.54) is 71.0 Å². The minimum atomic E-state index is 0. The van der Waals surface area contributed by atoms with Gasteiger partial charge in [-0.15, -0.1) is 0 Å². The van der Waals surface area contributed by atoms with E-state index in [0.717, 1.165) is 19.0 Å². The molecule has 7 fully saturated rings. The average Bonchev–Trinajstić information content (AvgIpc) is 3.32. The number of nitrogens with zero attached hydrogens (tertiary/aromatic N) is 14. The monoisotopic (exact) mass is 1020 g/mol. The Hall–Kier alpha value is -7.28. The minimum absolute atomic E-state index is 0. The van der Waals surface area contributed by atoms with Crippen LogP contribution in [0.3, 0.4) is 0 Å². The van der Waals surface area contributed by atoms with Gasteiger partial charge in [-0.25, -0.2) is 9.98 Å². The number of aldehydes is 2. The number of nitrogen functional groups attached to an aromatic ring is 10. The molecule has 7 saturated carbocycles. The van der Waals surface area contributed by atoms with E-state index in [-0.39, 0.29) is 86.2 Å². The number of anilines is 10. The molecule has 0 aromatic carbocycles. The Balaban J connectivity index is 0.000000187. The van der Waals surface area contributed by atoms with Gasteiger partial charge in [0.2, 0.25) is 59.5 Å². The van der Waals surface area contributed by atoms with E-state index < -0.39 is 0 Å². The lowest BCUT2D eigenvalue weighted by Gasteiger charge is -2.71. The van der Waals surface area contributed by atoms with Gasteiger partial charge in [0.15, 0.2) is 0 Å². The smallest absolute Gasteiger partial charge is 0.255 e. The molecule has 4 aromatic heterocycles. The summed E-state index contributed by atoms with van der Waals surface area (Å²) in [7, 11) is 0. The topological polar surface area (TPSA) is 474 Å². The fourth-order valence-electron chi connectivity index (χ4n) is 13.7. The Morgan fingerprint density at radius 1 is 0.311 bits per heavy atom. The van der Waals surface area contributed by atoms with Crippen molar-refractivity contribution >= 4 is 96.4 Å². The van der Waals surface area contributed by atoms with Crippen LogP contribution in [0.2, 0.25) is 0 Å². The van der Waals surface area contributed by atoms with Crippen LogP contribution in [-0.2, 0) is 9.59 Å². The molecule has 0 radical (unpaired) electrons. The van der Waals surface area contributed by atoms with Crippen molar-refractivity contribution in [3.05, 3.63) is 0 Å². The van der Waals surface area contributed by atoms with E-state index in [1.807, 2.05) is 0 Å². The lowest BCUT2D eigenvalue weighted by atomic mass is 9.34. The molecule has 7 aliphatic rings. The third-order valence-electron chi connectivity index (χ3n) is 15.8. The molecule has 26 heteroatoms. The van der Waals surface area contributed by atoms with Crippen molar-refractivity contribution in [1.82, 2.24) is 59.8 Å². The maximum atomic E-state index is 9.56. The number of carbonyl (C=O) groups is 2. The third kappa shape index (κ3) is 14.9. The zero-order chi connectivity index (χ0) is 51.3.